The Balaban J connectivity index is 2.30. The number of nitrogens with zero attached hydrogens (tertiary/aromatic N) is 2. The first-order chi connectivity index (χ1) is 7.27. The number of nitrogens with one attached hydrogen (secondary N) is 1. The van der Waals surface area contributed by atoms with E-state index in [4.69, 9.17) is 5.73 Å². The highest BCUT2D eigenvalue weighted by Gasteiger charge is 2.01. The second-order valence-corrected chi connectivity index (χ2v) is 3.22. The highest BCUT2D eigenvalue weighted by molar-refractivity contribution is 5.72. The summed E-state index contributed by atoms with van der Waals surface area (Å²) in [5, 5.41) is 3.21. The Labute approximate surface area is 88.2 Å². The topological polar surface area (TPSA) is 63.8 Å². The summed E-state index contributed by atoms with van der Waals surface area (Å²) in [5.41, 5.74) is 9.14. The molecule has 0 aliphatic rings. The molecule has 4 heteroatoms. The van der Waals surface area contributed by atoms with Crippen molar-refractivity contribution in [3.05, 3.63) is 42.5 Å². The van der Waals surface area contributed by atoms with Crippen LogP contribution in [-0.4, -0.2) is 9.97 Å². The van der Waals surface area contributed by atoms with E-state index in [1.165, 1.54) is 0 Å². The van der Waals surface area contributed by atoms with Gasteiger partial charge >= 0.3 is 0 Å². The Bertz CT molecular complexity index is 424. The van der Waals surface area contributed by atoms with Crippen LogP contribution in [-0.2, 0) is 0 Å². The first-order valence-electron chi connectivity index (χ1n) is 4.65. The molecule has 2 rings (SSSR count). The largest absolute Gasteiger partial charge is 0.396 e. The van der Waals surface area contributed by atoms with Crippen molar-refractivity contribution < 1.29 is 0 Å². The number of pyridine rings is 2. The normalized spacial score (nSPS) is 9.93. The van der Waals surface area contributed by atoms with E-state index in [-0.39, 0.29) is 0 Å². The van der Waals surface area contributed by atoms with Gasteiger partial charge in [-0.05, 0) is 25.1 Å². The summed E-state index contributed by atoms with van der Waals surface area (Å²) < 4.78 is 0. The van der Waals surface area contributed by atoms with Crippen LogP contribution in [0, 0.1) is 6.92 Å². The Morgan fingerprint density at radius 1 is 1.20 bits per heavy atom. The van der Waals surface area contributed by atoms with Gasteiger partial charge < -0.3 is 11.1 Å². The number of anilines is 3. The van der Waals surface area contributed by atoms with E-state index in [1.54, 1.807) is 18.6 Å². The van der Waals surface area contributed by atoms with Crippen LogP contribution in [0.5, 0.6) is 0 Å². The summed E-state index contributed by atoms with van der Waals surface area (Å²) in [4.78, 5) is 8.11. The molecule has 2 aromatic heterocycles. The molecule has 4 nitrogen and oxygen atoms in total. The molecule has 2 aromatic rings. The quantitative estimate of drug-likeness (QED) is 0.779. The van der Waals surface area contributed by atoms with Crippen LogP contribution >= 0.6 is 0 Å². The smallest absolute Gasteiger partial charge is 0.0739 e. The molecule has 15 heavy (non-hydrogen) atoms. The van der Waals surface area contributed by atoms with Crippen LogP contribution in [0.15, 0.2) is 36.8 Å². The monoisotopic (exact) mass is 200 g/mol. The van der Waals surface area contributed by atoms with Crippen molar-refractivity contribution in [2.45, 2.75) is 6.92 Å². The number of aromatic nitrogens is 2. The van der Waals surface area contributed by atoms with Crippen molar-refractivity contribution in [2.24, 2.45) is 0 Å². The third-order valence-electron chi connectivity index (χ3n) is 2.13. The lowest BCUT2D eigenvalue weighted by molar-refractivity contribution is 1.20. The Hall–Kier alpha value is -2.10. The SMILES string of the molecule is Cc1ncccc1Nc1ccncc1N. The number of nitrogens with two attached hydrogens (primary N) is 1. The van der Waals surface area contributed by atoms with Gasteiger partial charge in [0.05, 0.1) is 29.0 Å². The van der Waals surface area contributed by atoms with Crippen LogP contribution in [0.25, 0.3) is 0 Å². The molecule has 0 aromatic carbocycles. The van der Waals surface area contributed by atoms with Crippen molar-refractivity contribution in [3.63, 3.8) is 0 Å². The molecule has 0 bridgehead atoms. The number of rotatable bonds is 2. The zero-order valence-electron chi connectivity index (χ0n) is 8.44. The van der Waals surface area contributed by atoms with Crippen molar-refractivity contribution in [3.8, 4) is 0 Å². The lowest BCUT2D eigenvalue weighted by Crippen LogP contribution is -1.98. The van der Waals surface area contributed by atoms with Gasteiger partial charge in [0, 0.05) is 12.4 Å². The van der Waals surface area contributed by atoms with Crippen molar-refractivity contribution in [2.75, 3.05) is 11.1 Å². The van der Waals surface area contributed by atoms with Crippen molar-refractivity contribution in [1.82, 2.24) is 9.97 Å². The van der Waals surface area contributed by atoms with Crippen LogP contribution in [0.4, 0.5) is 17.1 Å². The van der Waals surface area contributed by atoms with Gasteiger partial charge in [-0.15, -0.1) is 0 Å². The zero-order chi connectivity index (χ0) is 10.7. The van der Waals surface area contributed by atoms with E-state index in [0.717, 1.165) is 17.1 Å². The van der Waals surface area contributed by atoms with E-state index in [1.807, 2.05) is 25.1 Å². The van der Waals surface area contributed by atoms with Gasteiger partial charge in [0.1, 0.15) is 0 Å². The zero-order valence-corrected chi connectivity index (χ0v) is 8.44. The highest BCUT2D eigenvalue weighted by Crippen LogP contribution is 2.22. The van der Waals surface area contributed by atoms with Gasteiger partial charge in [-0.2, -0.15) is 0 Å². The molecule has 0 saturated heterocycles. The Kier molecular flexibility index (Phi) is 2.49. The lowest BCUT2D eigenvalue weighted by atomic mass is 10.3. The van der Waals surface area contributed by atoms with E-state index < -0.39 is 0 Å². The molecule has 0 radical (unpaired) electrons. The van der Waals surface area contributed by atoms with E-state index in [0.29, 0.717) is 5.69 Å². The van der Waals surface area contributed by atoms with Crippen LogP contribution in [0.1, 0.15) is 5.69 Å². The first kappa shape index (κ1) is 9.45. The third kappa shape index (κ3) is 2.04. The van der Waals surface area contributed by atoms with Crippen molar-refractivity contribution in [1.29, 1.82) is 0 Å². The standard InChI is InChI=1S/C11H12N4/c1-8-10(3-2-5-14-8)15-11-4-6-13-7-9(11)12/h2-7H,12H2,1H3,(H,13,15). The second-order valence-electron chi connectivity index (χ2n) is 3.22. The minimum absolute atomic E-state index is 0.626. The minimum atomic E-state index is 0.626. The fourth-order valence-electron chi connectivity index (χ4n) is 1.28. The molecule has 3 N–H and O–H groups in total. The molecule has 0 fully saturated rings. The van der Waals surface area contributed by atoms with Gasteiger partial charge in [-0.1, -0.05) is 0 Å². The molecule has 0 amide bonds. The molecule has 0 spiro atoms. The molecule has 0 atom stereocenters. The predicted molar refractivity (Wildman–Crippen MR) is 60.9 cm³/mol. The summed E-state index contributed by atoms with van der Waals surface area (Å²) in [7, 11) is 0. The Morgan fingerprint density at radius 2 is 2.07 bits per heavy atom. The second kappa shape index (κ2) is 3.96. The molecule has 2 heterocycles. The third-order valence-corrected chi connectivity index (χ3v) is 2.13. The van der Waals surface area contributed by atoms with Gasteiger partial charge in [0.2, 0.25) is 0 Å². The summed E-state index contributed by atoms with van der Waals surface area (Å²) in [6.07, 6.45) is 5.08. The first-order valence-corrected chi connectivity index (χ1v) is 4.65. The summed E-state index contributed by atoms with van der Waals surface area (Å²) in [6.45, 7) is 1.94. The van der Waals surface area contributed by atoms with Crippen LogP contribution < -0.4 is 11.1 Å². The molecule has 0 unspecified atom stereocenters. The average Bonchev–Trinajstić information content (AvgIpc) is 2.24. The lowest BCUT2D eigenvalue weighted by Gasteiger charge is -2.09. The molecular weight excluding hydrogens is 188 g/mol. The van der Waals surface area contributed by atoms with Crippen LogP contribution in [0.3, 0.4) is 0 Å². The number of hydrogen-bond donors (Lipinski definition) is 2. The van der Waals surface area contributed by atoms with E-state index in [2.05, 4.69) is 15.3 Å². The minimum Gasteiger partial charge on any atom is -0.396 e. The number of aryl methyl sites for hydroxylation is 1. The summed E-state index contributed by atoms with van der Waals surface area (Å²) in [5.74, 6) is 0. The van der Waals surface area contributed by atoms with Crippen LogP contribution in [0.2, 0.25) is 0 Å². The number of hydrogen-bond acceptors (Lipinski definition) is 4. The predicted octanol–water partition coefficient (Wildman–Crippen LogP) is 2.11. The molecule has 0 saturated carbocycles. The maximum absolute atomic E-state index is 5.77. The van der Waals surface area contributed by atoms with Gasteiger partial charge in [-0.3, -0.25) is 9.97 Å². The summed E-state index contributed by atoms with van der Waals surface area (Å²) in [6, 6.07) is 5.68. The fourth-order valence-corrected chi connectivity index (χ4v) is 1.28. The van der Waals surface area contributed by atoms with Gasteiger partial charge in [0.15, 0.2) is 0 Å². The number of nitrogen functional groups attached to an aromatic ring is 1. The molecule has 0 aliphatic carbocycles. The van der Waals surface area contributed by atoms with Gasteiger partial charge in [-0.25, -0.2) is 0 Å². The van der Waals surface area contributed by atoms with Gasteiger partial charge in [0.25, 0.3) is 0 Å². The Morgan fingerprint density at radius 3 is 2.80 bits per heavy atom. The molecular formula is C11H12N4. The van der Waals surface area contributed by atoms with E-state index in [9.17, 15) is 0 Å². The highest BCUT2D eigenvalue weighted by atomic mass is 14.9. The molecule has 0 aliphatic heterocycles. The average molecular weight is 200 g/mol. The fraction of sp³-hybridized carbons (Fsp3) is 0.0909. The van der Waals surface area contributed by atoms with Crippen molar-refractivity contribution >= 4 is 17.1 Å². The maximum Gasteiger partial charge on any atom is 0.0739 e. The summed E-state index contributed by atoms with van der Waals surface area (Å²) >= 11 is 0. The maximum atomic E-state index is 5.77. The van der Waals surface area contributed by atoms with E-state index >= 15 is 0 Å². The molecule has 76 valence electrons.